The Hall–Kier alpha value is -1.34. The molecule has 0 N–H and O–H groups in total. The summed E-state index contributed by atoms with van der Waals surface area (Å²) >= 11 is 0. The zero-order chi connectivity index (χ0) is 9.52. The third kappa shape index (κ3) is 2.88. The van der Waals surface area contributed by atoms with E-state index in [9.17, 15) is 0 Å². The molecule has 0 bridgehead atoms. The fraction of sp³-hybridized carbons (Fsp3) is 0.556. The number of rotatable bonds is 5. The van der Waals surface area contributed by atoms with Gasteiger partial charge in [-0.05, 0) is 6.42 Å². The van der Waals surface area contributed by atoms with Crippen molar-refractivity contribution in [2.45, 2.75) is 19.9 Å². The lowest BCUT2D eigenvalue weighted by molar-refractivity contribution is 0.126. The Bertz CT molecular complexity index is 287. The Balaban J connectivity index is 2.33. The first-order chi connectivity index (χ1) is 6.38. The number of imidazole rings is 1. The van der Waals surface area contributed by atoms with E-state index in [-0.39, 0.29) is 0 Å². The molecule has 1 aromatic heterocycles. The van der Waals surface area contributed by atoms with Crippen LogP contribution in [0.25, 0.3) is 0 Å². The van der Waals surface area contributed by atoms with E-state index in [1.165, 1.54) is 0 Å². The van der Waals surface area contributed by atoms with Crippen molar-refractivity contribution in [2.24, 2.45) is 0 Å². The fourth-order valence-corrected chi connectivity index (χ4v) is 1.01. The average Bonchev–Trinajstić information content (AvgIpc) is 2.60. The first kappa shape index (κ1) is 9.75. The Kier molecular flexibility index (Phi) is 4.00. The molecule has 0 aromatic carbocycles. The van der Waals surface area contributed by atoms with Crippen LogP contribution < -0.4 is 0 Å². The van der Waals surface area contributed by atoms with Crippen LogP contribution in [0.2, 0.25) is 0 Å². The zero-order valence-corrected chi connectivity index (χ0v) is 7.73. The van der Waals surface area contributed by atoms with E-state index < -0.39 is 0 Å². The van der Waals surface area contributed by atoms with E-state index >= 15 is 0 Å². The van der Waals surface area contributed by atoms with Crippen LogP contribution in [0.3, 0.4) is 0 Å². The number of aromatic nitrogens is 2. The molecule has 4 heteroatoms. The summed E-state index contributed by atoms with van der Waals surface area (Å²) in [6.07, 6.45) is 4.43. The van der Waals surface area contributed by atoms with Gasteiger partial charge in [-0.25, -0.2) is 4.98 Å². The Morgan fingerprint density at radius 3 is 3.15 bits per heavy atom. The lowest BCUT2D eigenvalue weighted by Crippen LogP contribution is -2.07. The molecule has 13 heavy (non-hydrogen) atoms. The van der Waals surface area contributed by atoms with Gasteiger partial charge in [0.05, 0.1) is 6.61 Å². The van der Waals surface area contributed by atoms with Gasteiger partial charge in [-0.15, -0.1) is 0 Å². The largest absolute Gasteiger partial charge is 0.380 e. The van der Waals surface area contributed by atoms with Crippen LogP contribution in [0.15, 0.2) is 12.4 Å². The quantitative estimate of drug-likeness (QED) is 0.638. The normalized spacial score (nSPS) is 9.85. The van der Waals surface area contributed by atoms with Crippen LogP contribution in [0.1, 0.15) is 19.2 Å². The van der Waals surface area contributed by atoms with Gasteiger partial charge in [-0.2, -0.15) is 5.26 Å². The smallest absolute Gasteiger partial charge is 0.212 e. The summed E-state index contributed by atoms with van der Waals surface area (Å²) in [6.45, 7) is 4.18. The second kappa shape index (κ2) is 5.33. The summed E-state index contributed by atoms with van der Waals surface area (Å²) in [5.41, 5.74) is 0. The lowest BCUT2D eigenvalue weighted by Gasteiger charge is -2.03. The van der Waals surface area contributed by atoms with Crippen LogP contribution in [0.4, 0.5) is 0 Å². The minimum absolute atomic E-state index is 0.445. The second-order valence-corrected chi connectivity index (χ2v) is 2.67. The van der Waals surface area contributed by atoms with Gasteiger partial charge >= 0.3 is 0 Å². The number of nitriles is 1. The van der Waals surface area contributed by atoms with Gasteiger partial charge in [0.2, 0.25) is 5.82 Å². The third-order valence-electron chi connectivity index (χ3n) is 1.64. The van der Waals surface area contributed by atoms with Crippen molar-refractivity contribution in [3.8, 4) is 6.07 Å². The highest BCUT2D eigenvalue weighted by Gasteiger charge is 1.99. The van der Waals surface area contributed by atoms with Crippen LogP contribution in [-0.4, -0.2) is 22.8 Å². The predicted octanol–water partition coefficient (Wildman–Crippen LogP) is 1.18. The summed E-state index contributed by atoms with van der Waals surface area (Å²) < 4.78 is 7.08. The standard InChI is InChI=1S/C9H13N3O/c1-2-6-13-7-5-12-4-3-11-9(12)8-10/h3-4H,2,5-7H2,1H3. The van der Waals surface area contributed by atoms with E-state index in [0.29, 0.717) is 19.0 Å². The minimum Gasteiger partial charge on any atom is -0.380 e. The molecule has 1 rings (SSSR count). The molecule has 0 saturated carbocycles. The van der Waals surface area contributed by atoms with Crippen LogP contribution in [0, 0.1) is 11.3 Å². The van der Waals surface area contributed by atoms with E-state index in [1.54, 1.807) is 17.0 Å². The molecule has 0 unspecified atom stereocenters. The van der Waals surface area contributed by atoms with Crippen LogP contribution in [-0.2, 0) is 11.3 Å². The number of ether oxygens (including phenoxy) is 1. The maximum absolute atomic E-state index is 8.64. The third-order valence-corrected chi connectivity index (χ3v) is 1.64. The molecule has 0 amide bonds. The molecule has 70 valence electrons. The highest BCUT2D eigenvalue weighted by Crippen LogP contribution is 1.95. The highest BCUT2D eigenvalue weighted by atomic mass is 16.5. The van der Waals surface area contributed by atoms with Crippen molar-refractivity contribution in [3.63, 3.8) is 0 Å². The van der Waals surface area contributed by atoms with Crippen molar-refractivity contribution in [2.75, 3.05) is 13.2 Å². The van der Waals surface area contributed by atoms with Crippen molar-refractivity contribution in [3.05, 3.63) is 18.2 Å². The van der Waals surface area contributed by atoms with Crippen molar-refractivity contribution in [1.82, 2.24) is 9.55 Å². The number of nitrogens with zero attached hydrogens (tertiary/aromatic N) is 3. The molecule has 0 atom stereocenters. The molecule has 1 heterocycles. The van der Waals surface area contributed by atoms with Gasteiger partial charge in [0.25, 0.3) is 0 Å². The summed E-state index contributed by atoms with van der Waals surface area (Å²) in [5.74, 6) is 0.445. The van der Waals surface area contributed by atoms with Gasteiger partial charge in [0, 0.05) is 25.5 Å². The SMILES string of the molecule is CCCOCCn1ccnc1C#N. The average molecular weight is 179 g/mol. The lowest BCUT2D eigenvalue weighted by atomic mass is 10.5. The summed E-state index contributed by atoms with van der Waals surface area (Å²) in [5, 5.41) is 8.64. The first-order valence-corrected chi connectivity index (χ1v) is 4.37. The van der Waals surface area contributed by atoms with E-state index in [1.807, 2.05) is 6.07 Å². The predicted molar refractivity (Wildman–Crippen MR) is 48.1 cm³/mol. The van der Waals surface area contributed by atoms with Gasteiger partial charge in [0.15, 0.2) is 0 Å². The highest BCUT2D eigenvalue weighted by molar-refractivity contribution is 5.10. The molecule has 0 aliphatic heterocycles. The molecular weight excluding hydrogens is 166 g/mol. The molecule has 4 nitrogen and oxygen atoms in total. The monoisotopic (exact) mass is 179 g/mol. The minimum atomic E-state index is 0.445. The first-order valence-electron chi connectivity index (χ1n) is 4.37. The van der Waals surface area contributed by atoms with Crippen molar-refractivity contribution < 1.29 is 4.74 Å². The van der Waals surface area contributed by atoms with Crippen molar-refractivity contribution >= 4 is 0 Å². The second-order valence-electron chi connectivity index (χ2n) is 2.67. The summed E-state index contributed by atoms with van der Waals surface area (Å²) in [6, 6.07) is 2.01. The van der Waals surface area contributed by atoms with Crippen LogP contribution in [0.5, 0.6) is 0 Å². The van der Waals surface area contributed by atoms with E-state index in [4.69, 9.17) is 10.00 Å². The van der Waals surface area contributed by atoms with Gasteiger partial charge in [-0.1, -0.05) is 6.92 Å². The molecule has 0 radical (unpaired) electrons. The molecule has 0 fully saturated rings. The molecule has 0 spiro atoms. The van der Waals surface area contributed by atoms with Gasteiger partial charge in [0.1, 0.15) is 6.07 Å². The number of hydrogen-bond donors (Lipinski definition) is 0. The van der Waals surface area contributed by atoms with E-state index in [0.717, 1.165) is 13.0 Å². The Morgan fingerprint density at radius 2 is 2.46 bits per heavy atom. The molecule has 0 aliphatic carbocycles. The van der Waals surface area contributed by atoms with Crippen LogP contribution >= 0.6 is 0 Å². The molecule has 0 saturated heterocycles. The Labute approximate surface area is 77.8 Å². The van der Waals surface area contributed by atoms with Crippen molar-refractivity contribution in [1.29, 1.82) is 5.26 Å². The Morgan fingerprint density at radius 1 is 1.62 bits per heavy atom. The molecule has 1 aromatic rings. The topological polar surface area (TPSA) is 50.8 Å². The fourth-order valence-electron chi connectivity index (χ4n) is 1.01. The molecular formula is C9H13N3O. The summed E-state index contributed by atoms with van der Waals surface area (Å²) in [4.78, 5) is 3.88. The van der Waals surface area contributed by atoms with Gasteiger partial charge in [-0.3, -0.25) is 0 Å². The maximum Gasteiger partial charge on any atom is 0.212 e. The van der Waals surface area contributed by atoms with Gasteiger partial charge < -0.3 is 9.30 Å². The van der Waals surface area contributed by atoms with E-state index in [2.05, 4.69) is 11.9 Å². The summed E-state index contributed by atoms with van der Waals surface area (Å²) in [7, 11) is 0. The zero-order valence-electron chi connectivity index (χ0n) is 7.73. The number of hydrogen-bond acceptors (Lipinski definition) is 3. The molecule has 0 aliphatic rings. The maximum atomic E-state index is 8.64.